The predicted molar refractivity (Wildman–Crippen MR) is 115 cm³/mol. The molecule has 9 heteroatoms. The summed E-state index contributed by atoms with van der Waals surface area (Å²) in [6, 6.07) is 12.9. The van der Waals surface area contributed by atoms with Crippen molar-refractivity contribution in [1.82, 2.24) is 35.0 Å². The van der Waals surface area contributed by atoms with Crippen molar-refractivity contribution < 1.29 is 4.79 Å². The Morgan fingerprint density at radius 2 is 1.90 bits per heavy atom. The molecule has 1 saturated carbocycles. The van der Waals surface area contributed by atoms with Gasteiger partial charge in [-0.1, -0.05) is 23.7 Å². The molecule has 1 fully saturated rings. The topological polar surface area (TPSA) is 98.5 Å². The third-order valence-corrected chi connectivity index (χ3v) is 5.67. The number of carbonyl (C=O) groups excluding carboxylic acids is 1. The molecule has 31 heavy (non-hydrogen) atoms. The predicted octanol–water partition coefficient (Wildman–Crippen LogP) is 3.45. The largest absolute Gasteiger partial charge is 0.349 e. The molecule has 1 aliphatic rings. The number of aromatic nitrogens is 6. The van der Waals surface area contributed by atoms with Crippen molar-refractivity contribution in [2.24, 2.45) is 0 Å². The highest BCUT2D eigenvalue weighted by Crippen LogP contribution is 2.39. The third kappa shape index (κ3) is 3.77. The number of para-hydroxylation sites is 1. The SMILES string of the molecule is O=C(N[C@H]1C[C@H](c2nnc(-c3ccncn3)n2-c2ccccc2Cl)C1)c1cccnc1. The Hall–Kier alpha value is -3.65. The lowest BCUT2D eigenvalue weighted by molar-refractivity contribution is 0.0906. The molecule has 0 saturated heterocycles. The molecule has 0 bridgehead atoms. The van der Waals surface area contributed by atoms with Gasteiger partial charge in [-0.2, -0.15) is 0 Å². The van der Waals surface area contributed by atoms with Crippen molar-refractivity contribution in [3.63, 3.8) is 0 Å². The highest BCUT2D eigenvalue weighted by Gasteiger charge is 2.36. The highest BCUT2D eigenvalue weighted by atomic mass is 35.5. The maximum atomic E-state index is 12.4. The number of nitrogens with one attached hydrogen (secondary N) is 1. The van der Waals surface area contributed by atoms with Crippen molar-refractivity contribution in [3.05, 3.63) is 83.8 Å². The summed E-state index contributed by atoms with van der Waals surface area (Å²) in [5.74, 6) is 1.42. The average molecular weight is 432 g/mol. The van der Waals surface area contributed by atoms with Crippen LogP contribution in [0, 0.1) is 0 Å². The normalized spacial score (nSPS) is 17.7. The minimum atomic E-state index is -0.120. The summed E-state index contributed by atoms with van der Waals surface area (Å²) in [7, 11) is 0. The van der Waals surface area contributed by atoms with Crippen LogP contribution in [0.2, 0.25) is 5.02 Å². The second-order valence-electron chi connectivity index (χ2n) is 7.34. The van der Waals surface area contributed by atoms with E-state index in [0.717, 1.165) is 24.4 Å². The lowest BCUT2D eigenvalue weighted by Gasteiger charge is -2.35. The van der Waals surface area contributed by atoms with E-state index in [1.807, 2.05) is 28.8 Å². The van der Waals surface area contributed by atoms with Crippen molar-refractivity contribution in [3.8, 4) is 17.2 Å². The fourth-order valence-electron chi connectivity index (χ4n) is 3.73. The van der Waals surface area contributed by atoms with Crippen LogP contribution in [-0.4, -0.2) is 41.7 Å². The first-order valence-corrected chi connectivity index (χ1v) is 10.3. The number of pyridine rings is 1. The van der Waals surface area contributed by atoms with E-state index < -0.39 is 0 Å². The van der Waals surface area contributed by atoms with E-state index in [0.29, 0.717) is 22.1 Å². The molecule has 0 unspecified atom stereocenters. The Labute approximate surface area is 183 Å². The van der Waals surface area contributed by atoms with Crippen LogP contribution in [-0.2, 0) is 0 Å². The van der Waals surface area contributed by atoms with Gasteiger partial charge in [0.15, 0.2) is 5.82 Å². The summed E-state index contributed by atoms with van der Waals surface area (Å²) < 4.78 is 1.95. The molecule has 154 valence electrons. The monoisotopic (exact) mass is 431 g/mol. The molecule has 0 atom stereocenters. The van der Waals surface area contributed by atoms with E-state index in [1.54, 1.807) is 36.8 Å². The maximum Gasteiger partial charge on any atom is 0.253 e. The molecule has 1 N–H and O–H groups in total. The molecule has 5 rings (SSSR count). The Morgan fingerprint density at radius 3 is 2.65 bits per heavy atom. The third-order valence-electron chi connectivity index (χ3n) is 5.35. The highest BCUT2D eigenvalue weighted by molar-refractivity contribution is 6.32. The smallest absolute Gasteiger partial charge is 0.253 e. The van der Waals surface area contributed by atoms with E-state index >= 15 is 0 Å². The van der Waals surface area contributed by atoms with Crippen LogP contribution < -0.4 is 5.32 Å². The van der Waals surface area contributed by atoms with Gasteiger partial charge in [-0.05, 0) is 43.2 Å². The fraction of sp³-hybridized carbons (Fsp3) is 0.182. The van der Waals surface area contributed by atoms with Crippen LogP contribution in [0.3, 0.4) is 0 Å². The zero-order valence-electron chi connectivity index (χ0n) is 16.4. The van der Waals surface area contributed by atoms with Crippen molar-refractivity contribution >= 4 is 17.5 Å². The first-order chi connectivity index (χ1) is 15.2. The van der Waals surface area contributed by atoms with Crippen LogP contribution in [0.1, 0.15) is 34.9 Å². The van der Waals surface area contributed by atoms with Gasteiger partial charge in [-0.15, -0.1) is 10.2 Å². The number of amides is 1. The first-order valence-electron chi connectivity index (χ1n) is 9.88. The zero-order chi connectivity index (χ0) is 21.2. The van der Waals surface area contributed by atoms with Crippen LogP contribution in [0.4, 0.5) is 0 Å². The molecule has 0 aliphatic heterocycles. The summed E-state index contributed by atoms with van der Waals surface area (Å²) in [6.07, 6.45) is 7.88. The minimum absolute atomic E-state index is 0.0663. The molecule has 3 heterocycles. The Morgan fingerprint density at radius 1 is 1.03 bits per heavy atom. The van der Waals surface area contributed by atoms with E-state index in [2.05, 4.69) is 30.5 Å². The lowest BCUT2D eigenvalue weighted by Crippen LogP contribution is -2.44. The fourth-order valence-corrected chi connectivity index (χ4v) is 3.95. The van der Waals surface area contributed by atoms with Gasteiger partial charge in [0, 0.05) is 30.6 Å². The lowest BCUT2D eigenvalue weighted by atomic mass is 9.79. The van der Waals surface area contributed by atoms with Crippen LogP contribution in [0.5, 0.6) is 0 Å². The molecule has 3 aromatic heterocycles. The van der Waals surface area contributed by atoms with E-state index in [1.165, 1.54) is 6.33 Å². The van der Waals surface area contributed by atoms with Gasteiger partial charge in [0.2, 0.25) is 0 Å². The van der Waals surface area contributed by atoms with Crippen LogP contribution >= 0.6 is 11.6 Å². The van der Waals surface area contributed by atoms with Gasteiger partial charge >= 0.3 is 0 Å². The maximum absolute atomic E-state index is 12.4. The molecule has 1 amide bonds. The van der Waals surface area contributed by atoms with E-state index in [9.17, 15) is 4.79 Å². The second kappa shape index (κ2) is 8.23. The van der Waals surface area contributed by atoms with Crippen LogP contribution in [0.25, 0.3) is 17.2 Å². The molecule has 1 aliphatic carbocycles. The number of carbonyl (C=O) groups is 1. The van der Waals surface area contributed by atoms with Crippen LogP contribution in [0.15, 0.2) is 67.4 Å². The standard InChI is InChI=1S/C22H18ClN7O/c23-17-5-1-2-6-19(17)30-20(28-29-21(30)18-7-9-25-13-26-18)15-10-16(11-15)27-22(31)14-4-3-8-24-12-14/h1-9,12-13,15-16H,10-11H2,(H,27,31)/t15-,16-. The Balaban J connectivity index is 1.41. The number of hydrogen-bond donors (Lipinski definition) is 1. The number of nitrogens with zero attached hydrogens (tertiary/aromatic N) is 6. The molecule has 8 nitrogen and oxygen atoms in total. The Kier molecular flexibility index (Phi) is 5.13. The second-order valence-corrected chi connectivity index (χ2v) is 7.75. The number of benzene rings is 1. The molecular weight excluding hydrogens is 414 g/mol. The molecule has 0 radical (unpaired) electrons. The molecular formula is C22H18ClN7O. The van der Waals surface area contributed by atoms with Gasteiger partial charge in [0.1, 0.15) is 17.8 Å². The van der Waals surface area contributed by atoms with Crippen molar-refractivity contribution in [2.45, 2.75) is 24.8 Å². The minimum Gasteiger partial charge on any atom is -0.349 e. The van der Waals surface area contributed by atoms with E-state index in [-0.39, 0.29) is 17.9 Å². The summed E-state index contributed by atoms with van der Waals surface area (Å²) in [5, 5.41) is 12.5. The van der Waals surface area contributed by atoms with Gasteiger partial charge in [-0.25, -0.2) is 9.97 Å². The number of hydrogen-bond acceptors (Lipinski definition) is 6. The molecule has 0 spiro atoms. The summed E-state index contributed by atoms with van der Waals surface area (Å²) in [5.41, 5.74) is 2.01. The van der Waals surface area contributed by atoms with E-state index in [4.69, 9.17) is 11.6 Å². The van der Waals surface area contributed by atoms with Gasteiger partial charge in [0.05, 0.1) is 16.3 Å². The number of rotatable bonds is 5. The summed E-state index contributed by atoms with van der Waals surface area (Å²) >= 11 is 6.51. The quantitative estimate of drug-likeness (QED) is 0.519. The van der Waals surface area contributed by atoms with Crippen molar-refractivity contribution in [1.29, 1.82) is 0 Å². The van der Waals surface area contributed by atoms with Crippen molar-refractivity contribution in [2.75, 3.05) is 0 Å². The molecule has 1 aromatic carbocycles. The number of halogens is 1. The molecule has 4 aromatic rings. The average Bonchev–Trinajstić information content (AvgIpc) is 3.21. The van der Waals surface area contributed by atoms with Gasteiger partial charge in [0.25, 0.3) is 5.91 Å². The first kappa shape index (κ1) is 19.3. The summed E-state index contributed by atoms with van der Waals surface area (Å²) in [4.78, 5) is 24.7. The zero-order valence-corrected chi connectivity index (χ0v) is 17.1. The van der Waals surface area contributed by atoms with Gasteiger partial charge in [-0.3, -0.25) is 14.3 Å². The Bertz CT molecular complexity index is 1210. The summed E-state index contributed by atoms with van der Waals surface area (Å²) in [6.45, 7) is 0. The van der Waals surface area contributed by atoms with Gasteiger partial charge < -0.3 is 5.32 Å².